The molecular formula is C25H30N6O4S. The van der Waals surface area contributed by atoms with Gasteiger partial charge in [-0.2, -0.15) is 10.4 Å². The van der Waals surface area contributed by atoms with Crippen LogP contribution in [0.15, 0.2) is 46.2 Å². The molecule has 0 saturated carbocycles. The van der Waals surface area contributed by atoms with Crippen molar-refractivity contribution in [3.05, 3.63) is 46.9 Å². The lowest BCUT2D eigenvalue weighted by Crippen LogP contribution is -2.48. The SMILES string of the molecule is COC(=O)N1CCC(CC#N)(n2nc(Nc3ccc(S(=O)C(C)(C)C)cc3)c3c(=O)[nH]ccc32)CC1. The van der Waals surface area contributed by atoms with Crippen molar-refractivity contribution in [2.24, 2.45) is 0 Å². The molecule has 0 spiro atoms. The molecule has 1 aromatic carbocycles. The number of likely N-dealkylation sites (tertiary alicyclic amines) is 1. The number of aromatic nitrogens is 3. The van der Waals surface area contributed by atoms with Crippen LogP contribution in [0.5, 0.6) is 0 Å². The van der Waals surface area contributed by atoms with Crippen molar-refractivity contribution in [3.63, 3.8) is 0 Å². The lowest BCUT2D eigenvalue weighted by atomic mass is 9.85. The highest BCUT2D eigenvalue weighted by atomic mass is 32.2. The summed E-state index contributed by atoms with van der Waals surface area (Å²) in [5.74, 6) is 0.365. The van der Waals surface area contributed by atoms with Crippen LogP contribution in [0.4, 0.5) is 16.3 Å². The van der Waals surface area contributed by atoms with Crippen molar-refractivity contribution in [3.8, 4) is 6.07 Å². The number of ether oxygens (including phenoxy) is 1. The predicted octanol–water partition coefficient (Wildman–Crippen LogP) is 3.85. The van der Waals surface area contributed by atoms with E-state index in [4.69, 9.17) is 9.84 Å². The van der Waals surface area contributed by atoms with E-state index in [0.29, 0.717) is 53.2 Å². The number of anilines is 2. The summed E-state index contributed by atoms with van der Waals surface area (Å²) in [6.07, 6.45) is 2.32. The third-order valence-corrected chi connectivity index (χ3v) is 8.29. The Morgan fingerprint density at radius 1 is 1.25 bits per heavy atom. The Morgan fingerprint density at radius 3 is 2.50 bits per heavy atom. The first-order valence-electron chi connectivity index (χ1n) is 11.7. The van der Waals surface area contributed by atoms with Gasteiger partial charge in [0.05, 0.1) is 41.5 Å². The lowest BCUT2D eigenvalue weighted by Gasteiger charge is -2.40. The van der Waals surface area contributed by atoms with E-state index >= 15 is 0 Å². The number of amides is 1. The van der Waals surface area contributed by atoms with Gasteiger partial charge in [0.1, 0.15) is 5.39 Å². The molecule has 0 aliphatic carbocycles. The van der Waals surface area contributed by atoms with E-state index in [1.807, 2.05) is 20.8 Å². The number of methoxy groups -OCH3 is 1. The van der Waals surface area contributed by atoms with Crippen molar-refractivity contribution >= 4 is 39.3 Å². The van der Waals surface area contributed by atoms with E-state index in [2.05, 4.69) is 16.4 Å². The van der Waals surface area contributed by atoms with Gasteiger partial charge in [0.25, 0.3) is 5.56 Å². The first-order chi connectivity index (χ1) is 17.1. The zero-order valence-electron chi connectivity index (χ0n) is 20.8. The highest BCUT2D eigenvalue weighted by molar-refractivity contribution is 7.86. The molecule has 10 nitrogen and oxygen atoms in total. The number of nitrogens with zero attached hydrogens (tertiary/aromatic N) is 4. The van der Waals surface area contributed by atoms with Crippen LogP contribution in [0.2, 0.25) is 0 Å². The fraction of sp³-hybridized carbons (Fsp3) is 0.440. The number of carbonyl (C=O) groups excluding carboxylic acids is 1. The minimum Gasteiger partial charge on any atom is -0.453 e. The van der Waals surface area contributed by atoms with Crippen molar-refractivity contribution < 1.29 is 13.7 Å². The number of carbonyl (C=O) groups is 1. The van der Waals surface area contributed by atoms with Gasteiger partial charge in [-0.1, -0.05) is 0 Å². The quantitative estimate of drug-likeness (QED) is 0.533. The number of hydrogen-bond acceptors (Lipinski definition) is 7. The maximum atomic E-state index is 12.9. The van der Waals surface area contributed by atoms with Crippen molar-refractivity contribution in [1.82, 2.24) is 19.7 Å². The fourth-order valence-corrected chi connectivity index (χ4v) is 5.61. The number of fused-ring (bicyclic) bond motifs is 1. The van der Waals surface area contributed by atoms with Crippen LogP contribution in [-0.4, -0.2) is 54.9 Å². The molecule has 1 amide bonds. The molecule has 36 heavy (non-hydrogen) atoms. The number of nitriles is 1. The van der Waals surface area contributed by atoms with E-state index in [9.17, 15) is 19.1 Å². The van der Waals surface area contributed by atoms with Crippen molar-refractivity contribution in [1.29, 1.82) is 5.26 Å². The Hall–Kier alpha value is -3.65. The molecule has 0 radical (unpaired) electrons. The lowest BCUT2D eigenvalue weighted by molar-refractivity contribution is 0.0794. The second-order valence-electron chi connectivity index (χ2n) is 9.87. The van der Waals surface area contributed by atoms with Gasteiger partial charge in [-0.3, -0.25) is 13.7 Å². The molecule has 11 heteroatoms. The number of rotatable bonds is 5. The minimum atomic E-state index is -1.17. The van der Waals surface area contributed by atoms with Gasteiger partial charge in [0.15, 0.2) is 5.82 Å². The van der Waals surface area contributed by atoms with E-state index in [1.54, 1.807) is 46.1 Å². The molecule has 2 N–H and O–H groups in total. The maximum Gasteiger partial charge on any atom is 0.409 e. The van der Waals surface area contributed by atoms with Crippen LogP contribution >= 0.6 is 0 Å². The highest BCUT2D eigenvalue weighted by Gasteiger charge is 2.40. The minimum absolute atomic E-state index is 0.179. The first kappa shape index (κ1) is 25.4. The Morgan fingerprint density at radius 2 is 1.92 bits per heavy atom. The molecular weight excluding hydrogens is 480 g/mol. The second kappa shape index (κ2) is 9.78. The summed E-state index contributed by atoms with van der Waals surface area (Å²) in [6, 6.07) is 11.3. The maximum absolute atomic E-state index is 12.9. The van der Waals surface area contributed by atoms with Crippen LogP contribution in [0, 0.1) is 11.3 Å². The highest BCUT2D eigenvalue weighted by Crippen LogP contribution is 2.37. The summed E-state index contributed by atoms with van der Waals surface area (Å²) in [6.45, 7) is 6.59. The molecule has 2 aromatic heterocycles. The summed E-state index contributed by atoms with van der Waals surface area (Å²) in [4.78, 5) is 29.9. The van der Waals surface area contributed by atoms with Gasteiger partial charge >= 0.3 is 6.09 Å². The van der Waals surface area contributed by atoms with Crippen molar-refractivity contribution in [2.75, 3.05) is 25.5 Å². The van der Waals surface area contributed by atoms with Crippen LogP contribution in [0.3, 0.4) is 0 Å². The molecule has 1 fully saturated rings. The number of H-pyrrole nitrogens is 1. The Balaban J connectivity index is 1.72. The summed E-state index contributed by atoms with van der Waals surface area (Å²) < 4.78 is 18.9. The molecule has 1 unspecified atom stereocenters. The number of nitrogens with one attached hydrogen (secondary N) is 2. The molecule has 0 bridgehead atoms. The first-order valence-corrected chi connectivity index (χ1v) is 12.8. The van der Waals surface area contributed by atoms with E-state index in [1.165, 1.54) is 7.11 Å². The molecule has 3 heterocycles. The number of piperidine rings is 1. The second-order valence-corrected chi connectivity index (χ2v) is 12.1. The standard InChI is InChI=1S/C25H30N6O4S/c1-24(2,3)36(34)18-7-5-17(6-8-18)28-21-20-19(9-14-27-22(20)32)31(29-21)25(10-13-26)11-15-30(16-12-25)23(33)35-4/h5-9,14H,10-12,15-16H2,1-4H3,(H,27,32)(H,28,29). The molecule has 1 saturated heterocycles. The average Bonchev–Trinajstić information content (AvgIpc) is 3.24. The predicted molar refractivity (Wildman–Crippen MR) is 138 cm³/mol. The van der Waals surface area contributed by atoms with E-state index in [-0.39, 0.29) is 16.7 Å². The smallest absolute Gasteiger partial charge is 0.409 e. The summed E-state index contributed by atoms with van der Waals surface area (Å²) in [5, 5.41) is 18.1. The third-order valence-electron chi connectivity index (χ3n) is 6.48. The molecule has 1 aliphatic heterocycles. The van der Waals surface area contributed by atoms with Crippen LogP contribution < -0.4 is 10.9 Å². The van der Waals surface area contributed by atoms with Crippen molar-refractivity contribution in [2.45, 2.75) is 55.2 Å². The monoisotopic (exact) mass is 510 g/mol. The van der Waals surface area contributed by atoms with Gasteiger partial charge in [0, 0.05) is 34.6 Å². The summed E-state index contributed by atoms with van der Waals surface area (Å²) in [5.41, 5.74) is 0.312. The Kier molecular flexibility index (Phi) is 6.91. The van der Waals surface area contributed by atoms with Gasteiger partial charge in [-0.05, 0) is 63.9 Å². The van der Waals surface area contributed by atoms with Gasteiger partial charge in [0.2, 0.25) is 0 Å². The zero-order valence-corrected chi connectivity index (χ0v) is 21.6. The third kappa shape index (κ3) is 4.73. The van der Waals surface area contributed by atoms with Crippen LogP contribution in [-0.2, 0) is 21.1 Å². The number of aromatic amines is 1. The van der Waals surface area contributed by atoms with E-state index in [0.717, 1.165) is 0 Å². The fourth-order valence-electron chi connectivity index (χ4n) is 4.52. The number of hydrogen-bond donors (Lipinski definition) is 2. The Bertz CT molecular complexity index is 1390. The Labute approximate surface area is 211 Å². The van der Waals surface area contributed by atoms with Gasteiger partial charge in [-0.15, -0.1) is 0 Å². The van der Waals surface area contributed by atoms with E-state index < -0.39 is 22.4 Å². The summed E-state index contributed by atoms with van der Waals surface area (Å²) in [7, 11) is 0.179. The van der Waals surface area contributed by atoms with Crippen LogP contribution in [0.25, 0.3) is 10.9 Å². The molecule has 4 rings (SSSR count). The van der Waals surface area contributed by atoms with Gasteiger partial charge < -0.3 is 19.9 Å². The normalized spacial score (nSPS) is 16.4. The van der Waals surface area contributed by atoms with Gasteiger partial charge in [-0.25, -0.2) is 4.79 Å². The molecule has 1 atom stereocenters. The summed E-state index contributed by atoms with van der Waals surface area (Å²) >= 11 is 0. The molecule has 3 aromatic rings. The van der Waals surface area contributed by atoms with Crippen LogP contribution in [0.1, 0.15) is 40.0 Å². The largest absolute Gasteiger partial charge is 0.453 e. The number of benzene rings is 1. The zero-order chi connectivity index (χ0) is 26.1. The number of pyridine rings is 1. The average molecular weight is 511 g/mol. The molecule has 190 valence electrons. The topological polar surface area (TPSA) is 133 Å². The molecule has 1 aliphatic rings.